The molecule has 6 nitrogen and oxygen atoms in total. The number of carbonyl (C=O) groups excluding carboxylic acids is 1. The standard InChI is InChI=1S/C16H13I2N3O3/c1-2-23-16(22)11-13(24-8-10-6-4-3-5-7-10)12(17)14(18)21-15(11)19-9-20-21/h3-7,9H,2,8H2,1H3. The first-order valence-corrected chi connectivity index (χ1v) is 9.33. The Morgan fingerprint density at radius 3 is 2.71 bits per heavy atom. The van der Waals surface area contributed by atoms with Crippen molar-refractivity contribution < 1.29 is 14.3 Å². The molecular weight excluding hydrogens is 536 g/mol. The molecule has 3 aromatic rings. The van der Waals surface area contributed by atoms with E-state index in [1.807, 2.05) is 30.3 Å². The average Bonchev–Trinajstić information content (AvgIpc) is 3.07. The first kappa shape index (κ1) is 17.4. The molecule has 2 aromatic heterocycles. The Labute approximate surface area is 165 Å². The van der Waals surface area contributed by atoms with Gasteiger partial charge in [-0.25, -0.2) is 14.3 Å². The van der Waals surface area contributed by atoms with Crippen LogP contribution >= 0.6 is 45.2 Å². The van der Waals surface area contributed by atoms with Gasteiger partial charge in [0.15, 0.2) is 11.4 Å². The molecule has 3 rings (SSSR count). The summed E-state index contributed by atoms with van der Waals surface area (Å²) >= 11 is 4.31. The summed E-state index contributed by atoms with van der Waals surface area (Å²) in [4.78, 5) is 16.7. The van der Waals surface area contributed by atoms with Gasteiger partial charge in [0, 0.05) is 0 Å². The van der Waals surface area contributed by atoms with Crippen LogP contribution in [0.15, 0.2) is 36.7 Å². The Morgan fingerprint density at radius 2 is 2.00 bits per heavy atom. The smallest absolute Gasteiger partial charge is 0.345 e. The number of aromatic nitrogens is 3. The highest BCUT2D eigenvalue weighted by atomic mass is 127. The van der Waals surface area contributed by atoms with E-state index in [1.54, 1.807) is 11.4 Å². The second kappa shape index (κ2) is 7.64. The molecule has 8 heteroatoms. The summed E-state index contributed by atoms with van der Waals surface area (Å²) < 4.78 is 14.4. The zero-order valence-corrected chi connectivity index (χ0v) is 17.0. The molecule has 0 bridgehead atoms. The predicted molar refractivity (Wildman–Crippen MR) is 105 cm³/mol. The number of rotatable bonds is 5. The number of hydrogen-bond donors (Lipinski definition) is 0. The molecule has 0 radical (unpaired) electrons. The molecule has 1 aromatic carbocycles. The van der Waals surface area contributed by atoms with E-state index in [9.17, 15) is 4.79 Å². The Hall–Kier alpha value is -1.43. The molecule has 0 aliphatic rings. The van der Waals surface area contributed by atoms with E-state index in [-0.39, 0.29) is 6.61 Å². The molecular formula is C16H13I2N3O3. The second-order valence-corrected chi connectivity index (χ2v) is 6.90. The lowest BCUT2D eigenvalue weighted by molar-refractivity contribution is 0.0522. The van der Waals surface area contributed by atoms with E-state index in [0.29, 0.717) is 23.6 Å². The predicted octanol–water partition coefficient (Wildman–Crippen LogP) is 3.69. The van der Waals surface area contributed by atoms with Crippen molar-refractivity contribution in [1.29, 1.82) is 0 Å². The van der Waals surface area contributed by atoms with Gasteiger partial charge in [0.05, 0.1) is 10.2 Å². The van der Waals surface area contributed by atoms with Gasteiger partial charge in [-0.05, 0) is 57.7 Å². The molecule has 24 heavy (non-hydrogen) atoms. The minimum atomic E-state index is -0.465. The lowest BCUT2D eigenvalue weighted by Crippen LogP contribution is -2.14. The molecule has 124 valence electrons. The third kappa shape index (κ3) is 3.34. The fourth-order valence-corrected chi connectivity index (χ4v) is 3.46. The summed E-state index contributed by atoms with van der Waals surface area (Å²) in [5.74, 6) is 0.00989. The summed E-state index contributed by atoms with van der Waals surface area (Å²) in [6, 6.07) is 9.78. The van der Waals surface area contributed by atoms with Crippen LogP contribution in [-0.4, -0.2) is 27.2 Å². The Kier molecular flexibility index (Phi) is 5.54. The van der Waals surface area contributed by atoms with Gasteiger partial charge in [-0.15, -0.1) is 0 Å². The average molecular weight is 549 g/mol. The number of ether oxygens (including phenoxy) is 2. The zero-order chi connectivity index (χ0) is 17.1. The fraction of sp³-hybridized carbons (Fsp3) is 0.188. The van der Waals surface area contributed by atoms with E-state index >= 15 is 0 Å². The number of pyridine rings is 1. The highest BCUT2D eigenvalue weighted by Crippen LogP contribution is 2.33. The number of benzene rings is 1. The Morgan fingerprint density at radius 1 is 1.25 bits per heavy atom. The van der Waals surface area contributed by atoms with Crippen LogP contribution in [0.5, 0.6) is 5.75 Å². The van der Waals surface area contributed by atoms with Gasteiger partial charge >= 0.3 is 5.97 Å². The van der Waals surface area contributed by atoms with Crippen molar-refractivity contribution in [1.82, 2.24) is 14.6 Å². The normalized spacial score (nSPS) is 10.8. The maximum Gasteiger partial charge on any atom is 0.345 e. The van der Waals surface area contributed by atoms with E-state index < -0.39 is 5.97 Å². The number of esters is 1. The number of halogens is 2. The van der Waals surface area contributed by atoms with Crippen molar-refractivity contribution in [3.63, 3.8) is 0 Å². The van der Waals surface area contributed by atoms with Gasteiger partial charge in [0.2, 0.25) is 0 Å². The summed E-state index contributed by atoms with van der Waals surface area (Å²) in [6.07, 6.45) is 1.41. The van der Waals surface area contributed by atoms with Crippen molar-refractivity contribution in [3.8, 4) is 5.75 Å². The van der Waals surface area contributed by atoms with Crippen molar-refractivity contribution >= 4 is 56.8 Å². The van der Waals surface area contributed by atoms with Gasteiger partial charge in [-0.2, -0.15) is 5.10 Å². The van der Waals surface area contributed by atoms with Gasteiger partial charge in [0.25, 0.3) is 0 Å². The molecule has 0 aliphatic heterocycles. The van der Waals surface area contributed by atoms with E-state index in [4.69, 9.17) is 9.47 Å². The summed E-state index contributed by atoms with van der Waals surface area (Å²) in [6.45, 7) is 2.39. The van der Waals surface area contributed by atoms with Crippen LogP contribution < -0.4 is 4.74 Å². The van der Waals surface area contributed by atoms with E-state index in [2.05, 4.69) is 55.3 Å². The molecule has 0 unspecified atom stereocenters. The largest absolute Gasteiger partial charge is 0.487 e. The van der Waals surface area contributed by atoms with Crippen molar-refractivity contribution in [2.24, 2.45) is 0 Å². The monoisotopic (exact) mass is 549 g/mol. The van der Waals surface area contributed by atoms with Gasteiger partial charge in [-0.1, -0.05) is 30.3 Å². The molecule has 0 aliphatic carbocycles. The van der Waals surface area contributed by atoms with Crippen molar-refractivity contribution in [3.05, 3.63) is 55.1 Å². The van der Waals surface area contributed by atoms with Crippen LogP contribution in [0, 0.1) is 7.27 Å². The van der Waals surface area contributed by atoms with Crippen LogP contribution in [0.25, 0.3) is 5.65 Å². The van der Waals surface area contributed by atoms with E-state index in [0.717, 1.165) is 12.8 Å². The molecule has 0 spiro atoms. The first-order valence-electron chi connectivity index (χ1n) is 7.18. The van der Waals surface area contributed by atoms with E-state index in [1.165, 1.54) is 6.33 Å². The number of hydrogen-bond acceptors (Lipinski definition) is 5. The minimum Gasteiger partial charge on any atom is -0.487 e. The van der Waals surface area contributed by atoms with Crippen LogP contribution in [0.3, 0.4) is 0 Å². The SMILES string of the molecule is CCOC(=O)c1c(OCc2ccccc2)c(I)c(I)n2ncnc12. The quantitative estimate of drug-likeness (QED) is 0.276. The summed E-state index contributed by atoms with van der Waals surface area (Å²) in [7, 11) is 0. The number of nitrogens with zero attached hydrogens (tertiary/aromatic N) is 3. The zero-order valence-electron chi connectivity index (χ0n) is 12.7. The summed E-state index contributed by atoms with van der Waals surface area (Å²) in [5.41, 5.74) is 1.75. The van der Waals surface area contributed by atoms with Crippen molar-refractivity contribution in [2.75, 3.05) is 6.61 Å². The molecule has 2 heterocycles. The third-order valence-corrected chi connectivity index (χ3v) is 6.30. The maximum atomic E-state index is 12.5. The number of fused-ring (bicyclic) bond motifs is 1. The lowest BCUT2D eigenvalue weighted by atomic mass is 10.2. The Bertz CT molecular complexity index is 881. The maximum absolute atomic E-state index is 12.5. The highest BCUT2D eigenvalue weighted by Gasteiger charge is 2.26. The van der Waals surface area contributed by atoms with Crippen LogP contribution in [0.1, 0.15) is 22.8 Å². The molecule has 0 fully saturated rings. The molecule has 0 amide bonds. The highest BCUT2D eigenvalue weighted by molar-refractivity contribution is 14.1. The fourth-order valence-electron chi connectivity index (χ4n) is 2.21. The topological polar surface area (TPSA) is 65.7 Å². The van der Waals surface area contributed by atoms with Crippen LogP contribution in [0.2, 0.25) is 0 Å². The second-order valence-electron chi connectivity index (χ2n) is 4.80. The van der Waals surface area contributed by atoms with Crippen molar-refractivity contribution in [2.45, 2.75) is 13.5 Å². The molecule has 0 atom stereocenters. The minimum absolute atomic E-state index is 0.278. The lowest BCUT2D eigenvalue weighted by Gasteiger charge is -2.15. The Balaban J connectivity index is 2.08. The molecule has 0 saturated heterocycles. The first-order chi connectivity index (χ1) is 11.6. The molecule has 0 N–H and O–H groups in total. The summed E-state index contributed by atoms with van der Waals surface area (Å²) in [5, 5.41) is 4.17. The van der Waals surface area contributed by atoms with Gasteiger partial charge in [-0.3, -0.25) is 0 Å². The van der Waals surface area contributed by atoms with Gasteiger partial charge < -0.3 is 9.47 Å². The molecule has 0 saturated carbocycles. The van der Waals surface area contributed by atoms with Crippen LogP contribution in [-0.2, 0) is 11.3 Å². The third-order valence-electron chi connectivity index (χ3n) is 3.27. The van der Waals surface area contributed by atoms with Crippen LogP contribution in [0.4, 0.5) is 0 Å². The number of carbonyl (C=O) groups is 1. The van der Waals surface area contributed by atoms with Gasteiger partial charge in [0.1, 0.15) is 22.2 Å².